The summed E-state index contributed by atoms with van der Waals surface area (Å²) in [6, 6.07) is 6.37. The number of amides is 1. The van der Waals surface area contributed by atoms with Gasteiger partial charge < -0.3 is 10.1 Å². The number of hydrogen-bond donors (Lipinski definition) is 3. The number of carbonyl (C=O) groups is 1. The SMILES string of the molecule is CC(NC(=O)C1CCCC2CNNC21)c1ccc(OC(F)F)cc1. The highest BCUT2D eigenvalue weighted by Gasteiger charge is 2.40. The fourth-order valence-corrected chi connectivity index (χ4v) is 3.68. The maximum atomic E-state index is 12.6. The van der Waals surface area contributed by atoms with Crippen molar-refractivity contribution in [3.05, 3.63) is 29.8 Å². The van der Waals surface area contributed by atoms with Gasteiger partial charge in [0.2, 0.25) is 5.91 Å². The number of ether oxygens (including phenoxy) is 1. The van der Waals surface area contributed by atoms with Gasteiger partial charge in [-0.1, -0.05) is 18.6 Å². The molecule has 24 heavy (non-hydrogen) atoms. The van der Waals surface area contributed by atoms with Crippen LogP contribution in [0.3, 0.4) is 0 Å². The third-order valence-corrected chi connectivity index (χ3v) is 4.97. The van der Waals surface area contributed by atoms with Crippen LogP contribution in [0.1, 0.15) is 37.8 Å². The second kappa shape index (κ2) is 7.44. The Labute approximate surface area is 140 Å². The van der Waals surface area contributed by atoms with Crippen molar-refractivity contribution in [1.82, 2.24) is 16.2 Å². The molecule has 1 saturated heterocycles. The topological polar surface area (TPSA) is 62.4 Å². The van der Waals surface area contributed by atoms with E-state index < -0.39 is 6.61 Å². The Kier molecular flexibility index (Phi) is 5.30. The lowest BCUT2D eigenvalue weighted by molar-refractivity contribution is -0.127. The average molecular weight is 339 g/mol. The smallest absolute Gasteiger partial charge is 0.387 e. The summed E-state index contributed by atoms with van der Waals surface area (Å²) in [5.41, 5.74) is 7.24. The first-order valence-corrected chi connectivity index (χ1v) is 8.38. The van der Waals surface area contributed by atoms with Crippen LogP contribution in [0.4, 0.5) is 8.78 Å². The lowest BCUT2D eigenvalue weighted by Gasteiger charge is -2.32. The van der Waals surface area contributed by atoms with Crippen molar-refractivity contribution in [3.8, 4) is 5.75 Å². The number of nitrogens with one attached hydrogen (secondary N) is 3. The van der Waals surface area contributed by atoms with Crippen LogP contribution in [0.25, 0.3) is 0 Å². The minimum atomic E-state index is -2.83. The molecule has 0 aromatic heterocycles. The molecule has 1 aromatic rings. The first-order valence-electron chi connectivity index (χ1n) is 8.38. The van der Waals surface area contributed by atoms with Gasteiger partial charge in [0.15, 0.2) is 0 Å². The van der Waals surface area contributed by atoms with Crippen molar-refractivity contribution in [2.45, 2.75) is 44.9 Å². The summed E-state index contributed by atoms with van der Waals surface area (Å²) in [4.78, 5) is 12.6. The largest absolute Gasteiger partial charge is 0.435 e. The Morgan fingerprint density at radius 3 is 2.75 bits per heavy atom. The van der Waals surface area contributed by atoms with Gasteiger partial charge in [-0.3, -0.25) is 15.6 Å². The summed E-state index contributed by atoms with van der Waals surface area (Å²) in [6.07, 6.45) is 3.10. The van der Waals surface area contributed by atoms with Crippen LogP contribution in [0.15, 0.2) is 24.3 Å². The molecule has 2 aliphatic rings. The minimum absolute atomic E-state index is 0.0392. The molecule has 3 N–H and O–H groups in total. The monoisotopic (exact) mass is 339 g/mol. The second-order valence-corrected chi connectivity index (χ2v) is 6.53. The van der Waals surface area contributed by atoms with E-state index >= 15 is 0 Å². The molecule has 4 atom stereocenters. The summed E-state index contributed by atoms with van der Waals surface area (Å²) in [7, 11) is 0. The van der Waals surface area contributed by atoms with E-state index in [1.165, 1.54) is 12.1 Å². The third kappa shape index (κ3) is 3.84. The van der Waals surface area contributed by atoms with Crippen LogP contribution < -0.4 is 20.9 Å². The van der Waals surface area contributed by atoms with Gasteiger partial charge >= 0.3 is 6.61 Å². The molecule has 1 amide bonds. The molecule has 0 radical (unpaired) electrons. The number of fused-ring (bicyclic) bond motifs is 1. The van der Waals surface area contributed by atoms with Crippen LogP contribution in [0, 0.1) is 11.8 Å². The molecule has 1 heterocycles. The highest BCUT2D eigenvalue weighted by molar-refractivity contribution is 5.80. The Hall–Kier alpha value is -1.73. The molecule has 1 saturated carbocycles. The number of benzene rings is 1. The zero-order valence-corrected chi connectivity index (χ0v) is 13.6. The normalized spacial score (nSPS) is 27.6. The van der Waals surface area contributed by atoms with E-state index in [1.807, 2.05) is 6.92 Å². The molecule has 5 nitrogen and oxygen atoms in total. The fraction of sp³-hybridized carbons (Fsp3) is 0.588. The lowest BCUT2D eigenvalue weighted by Crippen LogP contribution is -2.48. The van der Waals surface area contributed by atoms with Crippen LogP contribution in [-0.4, -0.2) is 25.1 Å². The maximum absolute atomic E-state index is 12.6. The number of alkyl halides is 2. The van der Waals surface area contributed by atoms with Crippen LogP contribution in [0.2, 0.25) is 0 Å². The van der Waals surface area contributed by atoms with Gasteiger partial charge in [-0.2, -0.15) is 8.78 Å². The van der Waals surface area contributed by atoms with E-state index in [4.69, 9.17) is 0 Å². The molecule has 1 aromatic carbocycles. The lowest BCUT2D eigenvalue weighted by atomic mass is 9.77. The summed E-state index contributed by atoms with van der Waals surface area (Å²) < 4.78 is 28.7. The fourth-order valence-electron chi connectivity index (χ4n) is 3.68. The predicted molar refractivity (Wildman–Crippen MR) is 85.4 cm³/mol. The number of rotatable bonds is 5. The average Bonchev–Trinajstić information content (AvgIpc) is 3.03. The number of hydrazine groups is 1. The first-order chi connectivity index (χ1) is 11.5. The summed E-state index contributed by atoms with van der Waals surface area (Å²) in [5, 5.41) is 3.04. The molecular weight excluding hydrogens is 316 g/mol. The van der Waals surface area contributed by atoms with Gasteiger partial charge in [0, 0.05) is 12.6 Å². The highest BCUT2D eigenvalue weighted by Crippen LogP contribution is 2.32. The van der Waals surface area contributed by atoms with Gasteiger partial charge in [-0.25, -0.2) is 0 Å². The van der Waals surface area contributed by atoms with Crippen molar-refractivity contribution >= 4 is 5.91 Å². The molecule has 2 fully saturated rings. The summed E-state index contributed by atoms with van der Waals surface area (Å²) in [6.45, 7) is -0.0309. The molecule has 132 valence electrons. The van der Waals surface area contributed by atoms with Gasteiger partial charge in [0.05, 0.1) is 12.0 Å². The molecule has 1 aliphatic heterocycles. The number of carbonyl (C=O) groups excluding carboxylic acids is 1. The Morgan fingerprint density at radius 1 is 1.29 bits per heavy atom. The van der Waals surface area contributed by atoms with Crippen molar-refractivity contribution in [2.24, 2.45) is 11.8 Å². The van der Waals surface area contributed by atoms with E-state index in [1.54, 1.807) is 12.1 Å². The molecule has 0 bridgehead atoms. The standard InChI is InChI=1S/C17H23F2N3O2/c1-10(11-5-7-13(8-6-11)24-17(18)19)21-16(23)14-4-2-3-12-9-20-22-15(12)14/h5-8,10,12,14-15,17,20,22H,2-4,9H2,1H3,(H,21,23). The quantitative estimate of drug-likeness (QED) is 0.771. The molecule has 7 heteroatoms. The van der Waals surface area contributed by atoms with Crippen molar-refractivity contribution in [2.75, 3.05) is 6.54 Å². The highest BCUT2D eigenvalue weighted by atomic mass is 19.3. The molecule has 1 aliphatic carbocycles. The Balaban J connectivity index is 1.59. The van der Waals surface area contributed by atoms with Crippen LogP contribution in [-0.2, 0) is 4.79 Å². The van der Waals surface area contributed by atoms with Crippen LogP contribution >= 0.6 is 0 Å². The maximum Gasteiger partial charge on any atom is 0.387 e. The van der Waals surface area contributed by atoms with E-state index in [-0.39, 0.29) is 29.7 Å². The molecule has 4 unspecified atom stereocenters. The third-order valence-electron chi connectivity index (χ3n) is 4.97. The van der Waals surface area contributed by atoms with Gasteiger partial charge in [-0.15, -0.1) is 0 Å². The molecule has 0 spiro atoms. The van der Waals surface area contributed by atoms with E-state index in [9.17, 15) is 13.6 Å². The Morgan fingerprint density at radius 2 is 2.04 bits per heavy atom. The first kappa shape index (κ1) is 17.1. The number of hydrogen-bond acceptors (Lipinski definition) is 4. The molecule has 3 rings (SSSR count). The predicted octanol–water partition coefficient (Wildman–Crippen LogP) is 2.36. The summed E-state index contributed by atoms with van der Waals surface area (Å²) >= 11 is 0. The van der Waals surface area contributed by atoms with Crippen molar-refractivity contribution in [3.63, 3.8) is 0 Å². The zero-order chi connectivity index (χ0) is 17.1. The van der Waals surface area contributed by atoms with Gasteiger partial charge in [-0.05, 0) is 43.4 Å². The zero-order valence-electron chi connectivity index (χ0n) is 13.6. The van der Waals surface area contributed by atoms with Crippen LogP contribution in [0.5, 0.6) is 5.75 Å². The second-order valence-electron chi connectivity index (χ2n) is 6.53. The van der Waals surface area contributed by atoms with Crippen molar-refractivity contribution in [1.29, 1.82) is 0 Å². The van der Waals surface area contributed by atoms with E-state index in [2.05, 4.69) is 20.9 Å². The number of halogens is 2. The minimum Gasteiger partial charge on any atom is -0.435 e. The van der Waals surface area contributed by atoms with Gasteiger partial charge in [0.1, 0.15) is 5.75 Å². The van der Waals surface area contributed by atoms with E-state index in [0.29, 0.717) is 5.92 Å². The van der Waals surface area contributed by atoms with Gasteiger partial charge in [0.25, 0.3) is 0 Å². The summed E-state index contributed by atoms with van der Waals surface area (Å²) in [5.74, 6) is 0.628. The van der Waals surface area contributed by atoms with E-state index in [0.717, 1.165) is 31.4 Å². The van der Waals surface area contributed by atoms with Crippen molar-refractivity contribution < 1.29 is 18.3 Å². The Bertz CT molecular complexity index is 567. The molecular formula is C17H23F2N3O2.